The van der Waals surface area contributed by atoms with E-state index >= 15 is 0 Å². The van der Waals surface area contributed by atoms with E-state index in [0.29, 0.717) is 21.8 Å². The molecule has 0 bridgehead atoms. The average Bonchev–Trinajstić information content (AvgIpc) is 3.43. The minimum atomic E-state index is -1.44. The van der Waals surface area contributed by atoms with E-state index in [-0.39, 0.29) is 22.9 Å². The molecular formula is C25H22ClN3O4. The van der Waals surface area contributed by atoms with Gasteiger partial charge in [0, 0.05) is 16.7 Å². The Hall–Kier alpha value is -3.42. The number of amides is 2. The van der Waals surface area contributed by atoms with Gasteiger partial charge in [-0.2, -0.15) is 0 Å². The molecular weight excluding hydrogens is 442 g/mol. The summed E-state index contributed by atoms with van der Waals surface area (Å²) in [5.41, 5.74) is 5.59. The van der Waals surface area contributed by atoms with Crippen LogP contribution in [-0.2, 0) is 5.60 Å². The minimum Gasteiger partial charge on any atom is -0.384 e. The number of rotatable bonds is 4. The fraction of sp³-hybridized carbons (Fsp3) is 0.240. The van der Waals surface area contributed by atoms with Gasteiger partial charge in [-0.15, -0.1) is 0 Å². The predicted octanol–water partition coefficient (Wildman–Crippen LogP) is 3.38. The minimum absolute atomic E-state index is 0.0513. The Bertz CT molecular complexity index is 1350. The lowest BCUT2D eigenvalue weighted by atomic mass is 9.74. The van der Waals surface area contributed by atoms with Crippen LogP contribution in [0, 0.1) is 5.92 Å². The Morgan fingerprint density at radius 2 is 1.70 bits per heavy atom. The molecule has 5 rings (SSSR count). The van der Waals surface area contributed by atoms with Crippen molar-refractivity contribution in [2.75, 3.05) is 5.73 Å². The predicted molar refractivity (Wildman–Crippen MR) is 125 cm³/mol. The second-order valence-corrected chi connectivity index (χ2v) is 8.99. The number of hydrogen-bond acceptors (Lipinski definition) is 5. The zero-order valence-corrected chi connectivity index (χ0v) is 18.4. The second-order valence-electron chi connectivity index (χ2n) is 8.55. The van der Waals surface area contributed by atoms with Crippen LogP contribution in [0.15, 0.2) is 59.4 Å². The molecule has 0 radical (unpaired) electrons. The third-order valence-corrected chi connectivity index (χ3v) is 6.96. The van der Waals surface area contributed by atoms with Gasteiger partial charge in [-0.1, -0.05) is 54.8 Å². The van der Waals surface area contributed by atoms with Gasteiger partial charge in [0.2, 0.25) is 0 Å². The van der Waals surface area contributed by atoms with Crippen molar-refractivity contribution >= 4 is 29.2 Å². The summed E-state index contributed by atoms with van der Waals surface area (Å²) < 4.78 is 1.17. The third kappa shape index (κ3) is 3.27. The number of carbonyl (C=O) groups is 2. The van der Waals surface area contributed by atoms with Crippen LogP contribution in [0.5, 0.6) is 0 Å². The van der Waals surface area contributed by atoms with Crippen LogP contribution in [0.3, 0.4) is 0 Å². The quantitative estimate of drug-likeness (QED) is 0.513. The lowest BCUT2D eigenvalue weighted by molar-refractivity contribution is 0.0188. The number of anilines is 1. The Kier molecular flexibility index (Phi) is 5.11. The normalized spacial score (nSPS) is 17.6. The number of aliphatic hydroxyl groups is 1. The molecule has 1 aromatic heterocycles. The molecule has 1 saturated carbocycles. The van der Waals surface area contributed by atoms with Gasteiger partial charge in [0.05, 0.1) is 16.8 Å². The highest BCUT2D eigenvalue weighted by atomic mass is 35.5. The summed E-state index contributed by atoms with van der Waals surface area (Å²) in [7, 11) is 0. The molecule has 1 aliphatic heterocycles. The first-order valence-corrected chi connectivity index (χ1v) is 11.2. The van der Waals surface area contributed by atoms with E-state index in [4.69, 9.17) is 17.3 Å². The molecule has 33 heavy (non-hydrogen) atoms. The van der Waals surface area contributed by atoms with E-state index in [1.54, 1.807) is 18.2 Å². The second kappa shape index (κ2) is 7.86. The molecule has 1 aliphatic carbocycles. The van der Waals surface area contributed by atoms with Crippen molar-refractivity contribution in [2.24, 2.45) is 5.92 Å². The average molecular weight is 464 g/mol. The summed E-state index contributed by atoms with van der Waals surface area (Å²) in [6.45, 7) is 0. The van der Waals surface area contributed by atoms with Gasteiger partial charge in [-0.25, -0.2) is 0 Å². The van der Waals surface area contributed by atoms with Crippen LogP contribution in [0.2, 0.25) is 5.02 Å². The van der Waals surface area contributed by atoms with Crippen LogP contribution in [0.25, 0.3) is 5.69 Å². The van der Waals surface area contributed by atoms with Crippen molar-refractivity contribution < 1.29 is 14.7 Å². The van der Waals surface area contributed by atoms with Crippen molar-refractivity contribution in [3.63, 3.8) is 0 Å². The topological polar surface area (TPSA) is 114 Å². The number of carbonyl (C=O) groups excluding carboxylic acids is 2. The standard InChI is InChI=1S/C25H22ClN3O4/c26-16-10-11-19(29-20(30)13-17-21(22(29)27)24(32)28-23(17)31)18(12-16)25(33,15-8-4-5-9-15)14-6-2-1-3-7-14/h1-3,6-7,10-13,15,33H,4-5,8-9,27H2,(H,28,31,32). The molecule has 7 nitrogen and oxygen atoms in total. The van der Waals surface area contributed by atoms with E-state index in [0.717, 1.165) is 31.7 Å². The molecule has 2 amide bonds. The van der Waals surface area contributed by atoms with E-state index in [1.165, 1.54) is 4.57 Å². The van der Waals surface area contributed by atoms with E-state index in [9.17, 15) is 19.5 Å². The summed E-state index contributed by atoms with van der Waals surface area (Å²) >= 11 is 6.38. The summed E-state index contributed by atoms with van der Waals surface area (Å²) in [6, 6.07) is 15.2. The number of nitrogens with zero attached hydrogens (tertiary/aromatic N) is 1. The lowest BCUT2D eigenvalue weighted by Gasteiger charge is -2.37. The summed E-state index contributed by atoms with van der Waals surface area (Å²) in [4.78, 5) is 37.6. The first kappa shape index (κ1) is 21.4. The molecule has 2 aromatic carbocycles. The fourth-order valence-corrected chi connectivity index (χ4v) is 5.36. The molecule has 2 heterocycles. The number of nitrogen functional groups attached to an aromatic ring is 1. The van der Waals surface area contributed by atoms with Crippen LogP contribution in [0.1, 0.15) is 57.5 Å². The van der Waals surface area contributed by atoms with Gasteiger partial charge in [0.1, 0.15) is 11.4 Å². The highest BCUT2D eigenvalue weighted by Crippen LogP contribution is 2.47. The van der Waals surface area contributed by atoms with Crippen LogP contribution < -0.4 is 16.6 Å². The first-order valence-electron chi connectivity index (χ1n) is 10.8. The first-order chi connectivity index (χ1) is 15.8. The Labute approximate surface area is 194 Å². The molecule has 0 spiro atoms. The SMILES string of the molecule is Nc1c2c(cc(=O)n1-c1ccc(Cl)cc1C(O)(c1ccccc1)C1CCCC1)C(=O)NC2=O. The zero-order chi connectivity index (χ0) is 23.3. The van der Waals surface area contributed by atoms with Gasteiger partial charge < -0.3 is 10.8 Å². The van der Waals surface area contributed by atoms with Gasteiger partial charge in [-0.05, 0) is 42.5 Å². The van der Waals surface area contributed by atoms with Crippen LogP contribution in [0.4, 0.5) is 5.82 Å². The monoisotopic (exact) mass is 463 g/mol. The molecule has 3 aromatic rings. The van der Waals surface area contributed by atoms with Gasteiger partial charge in [-0.3, -0.25) is 24.3 Å². The maximum Gasteiger partial charge on any atom is 0.262 e. The zero-order valence-electron chi connectivity index (χ0n) is 17.7. The van der Waals surface area contributed by atoms with Crippen molar-refractivity contribution in [3.8, 4) is 5.69 Å². The molecule has 4 N–H and O–H groups in total. The van der Waals surface area contributed by atoms with Crippen LogP contribution in [-0.4, -0.2) is 21.5 Å². The van der Waals surface area contributed by atoms with Gasteiger partial charge in [0.25, 0.3) is 17.4 Å². The van der Waals surface area contributed by atoms with Crippen molar-refractivity contribution in [3.05, 3.63) is 92.2 Å². The number of pyridine rings is 1. The van der Waals surface area contributed by atoms with E-state index in [1.807, 2.05) is 30.3 Å². The molecule has 1 unspecified atom stereocenters. The fourth-order valence-electron chi connectivity index (χ4n) is 5.18. The number of benzene rings is 2. The maximum absolute atomic E-state index is 13.2. The molecule has 1 atom stereocenters. The lowest BCUT2D eigenvalue weighted by Crippen LogP contribution is -2.37. The summed E-state index contributed by atoms with van der Waals surface area (Å²) in [5, 5.41) is 14.9. The van der Waals surface area contributed by atoms with Crippen molar-refractivity contribution in [2.45, 2.75) is 31.3 Å². The summed E-state index contributed by atoms with van der Waals surface area (Å²) in [6.07, 6.45) is 3.59. The number of hydrogen-bond donors (Lipinski definition) is 3. The molecule has 0 saturated heterocycles. The molecule has 1 fully saturated rings. The maximum atomic E-state index is 13.2. The molecule has 8 heteroatoms. The van der Waals surface area contributed by atoms with E-state index < -0.39 is 23.0 Å². The molecule has 2 aliphatic rings. The number of nitrogens with one attached hydrogen (secondary N) is 1. The molecule has 168 valence electrons. The number of nitrogens with two attached hydrogens (primary N) is 1. The third-order valence-electron chi connectivity index (χ3n) is 6.72. The van der Waals surface area contributed by atoms with Crippen molar-refractivity contribution in [1.29, 1.82) is 0 Å². The number of halogens is 1. The van der Waals surface area contributed by atoms with Gasteiger partial charge >= 0.3 is 0 Å². The highest BCUT2D eigenvalue weighted by Gasteiger charge is 2.44. The van der Waals surface area contributed by atoms with Crippen LogP contribution >= 0.6 is 11.6 Å². The largest absolute Gasteiger partial charge is 0.384 e. The Morgan fingerprint density at radius 3 is 2.39 bits per heavy atom. The Morgan fingerprint density at radius 1 is 1.00 bits per heavy atom. The smallest absolute Gasteiger partial charge is 0.262 e. The number of aromatic nitrogens is 1. The highest BCUT2D eigenvalue weighted by molar-refractivity contribution is 6.30. The number of fused-ring (bicyclic) bond motifs is 1. The van der Waals surface area contributed by atoms with Gasteiger partial charge in [0.15, 0.2) is 0 Å². The van der Waals surface area contributed by atoms with E-state index in [2.05, 4.69) is 5.32 Å². The summed E-state index contributed by atoms with van der Waals surface area (Å²) in [5.74, 6) is -1.58. The Balaban J connectivity index is 1.82. The number of imide groups is 1. The van der Waals surface area contributed by atoms with Crippen molar-refractivity contribution in [1.82, 2.24) is 9.88 Å².